The van der Waals surface area contributed by atoms with Crippen LogP contribution in [-0.2, 0) is 4.79 Å². The fraction of sp³-hybridized carbons (Fsp3) is 0.875. The second-order valence-corrected chi connectivity index (χ2v) is 3.83. The van der Waals surface area contributed by atoms with Gasteiger partial charge in [0.25, 0.3) is 0 Å². The van der Waals surface area contributed by atoms with E-state index >= 15 is 0 Å². The first-order valence-electron chi connectivity index (χ1n) is 4.24. The van der Waals surface area contributed by atoms with E-state index in [-0.39, 0.29) is 11.9 Å². The highest BCUT2D eigenvalue weighted by Gasteiger charge is 2.42. The van der Waals surface area contributed by atoms with Crippen LogP contribution in [-0.4, -0.2) is 29.4 Å². The summed E-state index contributed by atoms with van der Waals surface area (Å²) >= 11 is 0. The van der Waals surface area contributed by atoms with Crippen LogP contribution in [0.5, 0.6) is 0 Å². The van der Waals surface area contributed by atoms with E-state index in [9.17, 15) is 4.79 Å². The Balaban J connectivity index is 1.85. The quantitative estimate of drug-likeness (QED) is 0.538. The van der Waals surface area contributed by atoms with Gasteiger partial charge in [-0.15, -0.1) is 0 Å². The van der Waals surface area contributed by atoms with Crippen molar-refractivity contribution in [2.75, 3.05) is 6.54 Å². The van der Waals surface area contributed by atoms with Crippen molar-refractivity contribution in [2.24, 2.45) is 11.7 Å². The molecule has 1 amide bonds. The molecule has 2 N–H and O–H groups in total. The molecule has 3 heteroatoms. The second-order valence-electron chi connectivity index (χ2n) is 3.83. The van der Waals surface area contributed by atoms with Crippen LogP contribution in [0.25, 0.3) is 0 Å². The van der Waals surface area contributed by atoms with Gasteiger partial charge in [0.05, 0.1) is 0 Å². The highest BCUT2D eigenvalue weighted by atomic mass is 16.2. The van der Waals surface area contributed by atoms with Crippen LogP contribution in [0.1, 0.15) is 19.8 Å². The Kier molecular flexibility index (Phi) is 1.42. The summed E-state index contributed by atoms with van der Waals surface area (Å²) in [6.45, 7) is 3.01. The molecule has 0 bridgehead atoms. The van der Waals surface area contributed by atoms with Crippen molar-refractivity contribution in [1.82, 2.24) is 4.90 Å². The van der Waals surface area contributed by atoms with Gasteiger partial charge in [-0.05, 0) is 18.8 Å². The molecule has 1 saturated carbocycles. The number of nitrogens with zero attached hydrogens (tertiary/aromatic N) is 1. The van der Waals surface area contributed by atoms with E-state index in [4.69, 9.17) is 5.73 Å². The largest absolute Gasteiger partial charge is 0.336 e. The fourth-order valence-electron chi connectivity index (χ4n) is 1.92. The Morgan fingerprint density at radius 3 is 2.55 bits per heavy atom. The topological polar surface area (TPSA) is 46.3 Å². The zero-order chi connectivity index (χ0) is 8.01. The van der Waals surface area contributed by atoms with Gasteiger partial charge in [0.1, 0.15) is 6.04 Å². The summed E-state index contributed by atoms with van der Waals surface area (Å²) < 4.78 is 0. The molecule has 0 aromatic heterocycles. The maximum Gasteiger partial charge on any atom is 0.241 e. The first-order valence-corrected chi connectivity index (χ1v) is 4.24. The third-order valence-electron chi connectivity index (χ3n) is 2.78. The van der Waals surface area contributed by atoms with Crippen molar-refractivity contribution in [3.05, 3.63) is 0 Å². The van der Waals surface area contributed by atoms with E-state index in [1.807, 2.05) is 4.90 Å². The average molecular weight is 154 g/mol. The van der Waals surface area contributed by atoms with Crippen molar-refractivity contribution in [3.63, 3.8) is 0 Å². The lowest BCUT2D eigenvalue weighted by atomic mass is 9.79. The SMILES string of the molecule is CC1CC(N2CC(N)C2=O)C1. The minimum Gasteiger partial charge on any atom is -0.336 e. The molecule has 1 aliphatic heterocycles. The van der Waals surface area contributed by atoms with Crippen LogP contribution < -0.4 is 5.73 Å². The highest BCUT2D eigenvalue weighted by Crippen LogP contribution is 2.33. The molecule has 0 spiro atoms. The molecular weight excluding hydrogens is 140 g/mol. The van der Waals surface area contributed by atoms with Crippen LogP contribution in [0, 0.1) is 5.92 Å². The molecule has 1 saturated heterocycles. The zero-order valence-electron chi connectivity index (χ0n) is 6.79. The standard InChI is InChI=1S/C8H14N2O/c1-5-2-6(3-5)10-4-7(9)8(10)11/h5-7H,2-4,9H2,1H3. The smallest absolute Gasteiger partial charge is 0.241 e. The lowest BCUT2D eigenvalue weighted by Gasteiger charge is -2.48. The second kappa shape index (κ2) is 2.21. The Bertz CT molecular complexity index is 187. The molecule has 1 atom stereocenters. The number of β-lactam (4-membered cyclic amide) rings is 1. The molecule has 62 valence electrons. The number of carbonyl (C=O) groups is 1. The van der Waals surface area contributed by atoms with Gasteiger partial charge >= 0.3 is 0 Å². The first-order chi connectivity index (χ1) is 5.18. The van der Waals surface area contributed by atoms with Gasteiger partial charge < -0.3 is 10.6 Å². The van der Waals surface area contributed by atoms with E-state index in [0.29, 0.717) is 6.04 Å². The number of likely N-dealkylation sites (tertiary alicyclic amines) is 1. The Morgan fingerprint density at radius 1 is 1.55 bits per heavy atom. The number of nitrogens with two attached hydrogens (primary N) is 1. The van der Waals surface area contributed by atoms with Crippen molar-refractivity contribution >= 4 is 5.91 Å². The van der Waals surface area contributed by atoms with Gasteiger partial charge in [-0.3, -0.25) is 4.79 Å². The van der Waals surface area contributed by atoms with Gasteiger partial charge in [-0.2, -0.15) is 0 Å². The third-order valence-corrected chi connectivity index (χ3v) is 2.78. The van der Waals surface area contributed by atoms with Gasteiger partial charge in [0, 0.05) is 12.6 Å². The maximum atomic E-state index is 11.1. The van der Waals surface area contributed by atoms with E-state index < -0.39 is 0 Å². The molecule has 1 heterocycles. The highest BCUT2D eigenvalue weighted by molar-refractivity contribution is 5.88. The minimum atomic E-state index is -0.189. The van der Waals surface area contributed by atoms with Gasteiger partial charge in [-0.25, -0.2) is 0 Å². The third kappa shape index (κ3) is 0.948. The normalized spacial score (nSPS) is 43.3. The molecule has 1 aliphatic carbocycles. The molecule has 0 aromatic rings. The van der Waals surface area contributed by atoms with E-state index in [2.05, 4.69) is 6.92 Å². The van der Waals surface area contributed by atoms with Crippen LogP contribution in [0.3, 0.4) is 0 Å². The van der Waals surface area contributed by atoms with Gasteiger partial charge in [0.2, 0.25) is 5.91 Å². The van der Waals surface area contributed by atoms with E-state index in [1.165, 1.54) is 12.8 Å². The minimum absolute atomic E-state index is 0.155. The first kappa shape index (κ1) is 7.10. The van der Waals surface area contributed by atoms with Crippen molar-refractivity contribution < 1.29 is 4.79 Å². The van der Waals surface area contributed by atoms with Gasteiger partial charge in [-0.1, -0.05) is 6.92 Å². The fourth-order valence-corrected chi connectivity index (χ4v) is 1.92. The van der Waals surface area contributed by atoms with Crippen LogP contribution in [0.2, 0.25) is 0 Å². The Hall–Kier alpha value is -0.570. The molecule has 1 unspecified atom stereocenters. The summed E-state index contributed by atoms with van der Waals surface area (Å²) in [4.78, 5) is 13.0. The Morgan fingerprint density at radius 2 is 2.18 bits per heavy atom. The summed E-state index contributed by atoms with van der Waals surface area (Å²) in [5.74, 6) is 0.964. The maximum absolute atomic E-state index is 11.1. The van der Waals surface area contributed by atoms with Crippen molar-refractivity contribution in [3.8, 4) is 0 Å². The molecule has 0 radical (unpaired) electrons. The predicted octanol–water partition coefficient (Wildman–Crippen LogP) is -0.0456. The lowest BCUT2D eigenvalue weighted by molar-refractivity contribution is -0.149. The lowest BCUT2D eigenvalue weighted by Crippen LogP contribution is -2.66. The average Bonchev–Trinajstić information content (AvgIpc) is 1.94. The molecular formula is C8H14N2O. The van der Waals surface area contributed by atoms with Crippen molar-refractivity contribution in [1.29, 1.82) is 0 Å². The number of carbonyl (C=O) groups excluding carboxylic acids is 1. The number of rotatable bonds is 1. The summed E-state index contributed by atoms with van der Waals surface area (Å²) in [6.07, 6.45) is 2.36. The van der Waals surface area contributed by atoms with Crippen molar-refractivity contribution in [2.45, 2.75) is 31.8 Å². The summed E-state index contributed by atoms with van der Waals surface area (Å²) in [5.41, 5.74) is 5.47. The van der Waals surface area contributed by atoms with Gasteiger partial charge in [0.15, 0.2) is 0 Å². The molecule has 11 heavy (non-hydrogen) atoms. The monoisotopic (exact) mass is 154 g/mol. The number of amides is 1. The van der Waals surface area contributed by atoms with Crippen LogP contribution >= 0.6 is 0 Å². The molecule has 3 nitrogen and oxygen atoms in total. The summed E-state index contributed by atoms with van der Waals surface area (Å²) in [7, 11) is 0. The van der Waals surface area contributed by atoms with Crippen LogP contribution in [0.4, 0.5) is 0 Å². The molecule has 2 fully saturated rings. The van der Waals surface area contributed by atoms with E-state index in [0.717, 1.165) is 12.5 Å². The number of hydrogen-bond acceptors (Lipinski definition) is 2. The zero-order valence-corrected chi connectivity index (χ0v) is 6.79. The summed E-state index contributed by atoms with van der Waals surface area (Å²) in [5, 5.41) is 0. The summed E-state index contributed by atoms with van der Waals surface area (Å²) in [6, 6.07) is 0.336. The molecule has 2 aliphatic rings. The van der Waals surface area contributed by atoms with Crippen LogP contribution in [0.15, 0.2) is 0 Å². The predicted molar refractivity (Wildman–Crippen MR) is 41.9 cm³/mol. The number of hydrogen-bond donors (Lipinski definition) is 1. The Labute approximate surface area is 66.5 Å². The molecule has 2 rings (SSSR count). The van der Waals surface area contributed by atoms with E-state index in [1.54, 1.807) is 0 Å². The molecule has 0 aromatic carbocycles.